The Bertz CT molecular complexity index is 811. The van der Waals surface area contributed by atoms with E-state index < -0.39 is 0 Å². The Labute approximate surface area is 136 Å². The van der Waals surface area contributed by atoms with Crippen molar-refractivity contribution in [3.8, 4) is 22.4 Å². The van der Waals surface area contributed by atoms with Crippen molar-refractivity contribution in [3.63, 3.8) is 0 Å². The average Bonchev–Trinajstić information content (AvgIpc) is 2.80. The van der Waals surface area contributed by atoms with Crippen LogP contribution in [0.4, 0.5) is 5.82 Å². The number of nitrogen functional groups attached to an aromatic ring is 1. The molecule has 2 aromatic carbocycles. The van der Waals surface area contributed by atoms with Gasteiger partial charge in [0.2, 0.25) is 0 Å². The van der Waals surface area contributed by atoms with Crippen LogP contribution in [0.25, 0.3) is 22.4 Å². The van der Waals surface area contributed by atoms with E-state index in [0.29, 0.717) is 10.8 Å². The van der Waals surface area contributed by atoms with Crippen LogP contribution in [-0.2, 0) is 0 Å². The minimum Gasteiger partial charge on any atom is -0.382 e. The molecule has 21 heavy (non-hydrogen) atoms. The molecule has 0 saturated carbocycles. The Balaban J connectivity index is 2.22. The van der Waals surface area contributed by atoms with E-state index in [4.69, 9.17) is 17.3 Å². The third kappa shape index (κ3) is 2.69. The van der Waals surface area contributed by atoms with Gasteiger partial charge in [0.1, 0.15) is 0 Å². The molecular weight excluding hydrogens is 350 g/mol. The maximum Gasteiger partial charge on any atom is 0.153 e. The zero-order chi connectivity index (χ0) is 15.0. The number of hydrogen-bond donors (Lipinski definition) is 2. The van der Waals surface area contributed by atoms with Crippen molar-refractivity contribution in [3.05, 3.63) is 57.5 Å². The summed E-state index contributed by atoms with van der Waals surface area (Å²) in [6, 6.07) is 13.8. The molecule has 1 heterocycles. The summed E-state index contributed by atoms with van der Waals surface area (Å²) in [5.41, 5.74) is 10.9. The van der Waals surface area contributed by atoms with Gasteiger partial charge >= 0.3 is 0 Å². The van der Waals surface area contributed by atoms with Crippen LogP contribution in [0, 0.1) is 6.92 Å². The van der Waals surface area contributed by atoms with Crippen molar-refractivity contribution in [1.29, 1.82) is 0 Å². The van der Waals surface area contributed by atoms with Crippen molar-refractivity contribution in [2.75, 3.05) is 5.73 Å². The topological polar surface area (TPSA) is 54.7 Å². The number of hydrogen-bond acceptors (Lipinski definition) is 2. The minimum atomic E-state index is 0.458. The Hall–Kier alpha value is -1.78. The van der Waals surface area contributed by atoms with E-state index in [2.05, 4.69) is 38.3 Å². The quantitative estimate of drug-likeness (QED) is 0.670. The Kier molecular flexibility index (Phi) is 3.74. The number of aryl methyl sites for hydroxylation is 1. The SMILES string of the molecule is Cc1ccc(-c2[nH]nc(N)c2-c2cccc(Cl)c2)c(Br)c1. The number of nitrogens with two attached hydrogens (primary N) is 1. The fraction of sp³-hybridized carbons (Fsp3) is 0.0625. The van der Waals surface area contributed by atoms with E-state index in [1.165, 1.54) is 5.56 Å². The predicted molar refractivity (Wildman–Crippen MR) is 91.3 cm³/mol. The van der Waals surface area contributed by atoms with Gasteiger partial charge in [-0.05, 0) is 36.2 Å². The highest BCUT2D eigenvalue weighted by molar-refractivity contribution is 9.10. The van der Waals surface area contributed by atoms with Crippen LogP contribution in [-0.4, -0.2) is 10.2 Å². The molecule has 0 radical (unpaired) electrons. The van der Waals surface area contributed by atoms with Gasteiger partial charge in [-0.1, -0.05) is 51.8 Å². The third-order valence-corrected chi connectivity index (χ3v) is 4.19. The highest BCUT2D eigenvalue weighted by atomic mass is 79.9. The Morgan fingerprint density at radius 3 is 2.71 bits per heavy atom. The number of nitrogens with zero attached hydrogens (tertiary/aromatic N) is 1. The zero-order valence-corrected chi connectivity index (χ0v) is 13.7. The number of benzene rings is 2. The van der Waals surface area contributed by atoms with Crippen molar-refractivity contribution in [2.45, 2.75) is 6.92 Å². The molecular formula is C16H13BrClN3. The van der Waals surface area contributed by atoms with E-state index in [1.807, 2.05) is 37.3 Å². The van der Waals surface area contributed by atoms with E-state index >= 15 is 0 Å². The first kappa shape index (κ1) is 14.2. The number of nitrogens with one attached hydrogen (secondary N) is 1. The molecule has 0 saturated heterocycles. The van der Waals surface area contributed by atoms with Crippen molar-refractivity contribution in [2.24, 2.45) is 0 Å². The first-order valence-electron chi connectivity index (χ1n) is 6.42. The van der Waals surface area contributed by atoms with Gasteiger partial charge in [-0.2, -0.15) is 5.10 Å². The number of H-pyrrole nitrogens is 1. The van der Waals surface area contributed by atoms with Gasteiger partial charge in [0.15, 0.2) is 5.82 Å². The Morgan fingerprint density at radius 2 is 2.00 bits per heavy atom. The van der Waals surface area contributed by atoms with Crippen LogP contribution < -0.4 is 5.73 Å². The van der Waals surface area contributed by atoms with Gasteiger partial charge in [0, 0.05) is 15.1 Å². The summed E-state index contributed by atoms with van der Waals surface area (Å²) in [5, 5.41) is 7.84. The number of rotatable bonds is 2. The molecule has 0 aliphatic rings. The monoisotopic (exact) mass is 361 g/mol. The van der Waals surface area contributed by atoms with Gasteiger partial charge in [-0.15, -0.1) is 0 Å². The lowest BCUT2D eigenvalue weighted by Gasteiger charge is -2.08. The van der Waals surface area contributed by atoms with E-state index in [-0.39, 0.29) is 0 Å². The predicted octanol–water partition coefficient (Wildman–Crippen LogP) is 5.05. The molecule has 3 nitrogen and oxygen atoms in total. The van der Waals surface area contributed by atoms with Gasteiger partial charge in [0.25, 0.3) is 0 Å². The summed E-state index contributed by atoms with van der Waals surface area (Å²) >= 11 is 9.68. The molecule has 0 spiro atoms. The number of halogens is 2. The molecule has 3 aromatic rings. The summed E-state index contributed by atoms with van der Waals surface area (Å²) in [7, 11) is 0. The highest BCUT2D eigenvalue weighted by Crippen LogP contribution is 2.38. The van der Waals surface area contributed by atoms with E-state index in [0.717, 1.165) is 26.9 Å². The van der Waals surface area contributed by atoms with Crippen LogP contribution in [0.2, 0.25) is 5.02 Å². The van der Waals surface area contributed by atoms with E-state index in [1.54, 1.807) is 0 Å². The molecule has 0 amide bonds. The molecule has 1 aromatic heterocycles. The lowest BCUT2D eigenvalue weighted by molar-refractivity contribution is 1.10. The second-order valence-corrected chi connectivity index (χ2v) is 6.14. The lowest BCUT2D eigenvalue weighted by atomic mass is 10.0. The molecule has 0 unspecified atom stereocenters. The number of aromatic amines is 1. The molecule has 5 heteroatoms. The fourth-order valence-corrected chi connectivity index (χ4v) is 3.19. The van der Waals surface area contributed by atoms with Crippen molar-refractivity contribution < 1.29 is 0 Å². The third-order valence-electron chi connectivity index (χ3n) is 3.30. The van der Waals surface area contributed by atoms with Crippen LogP contribution in [0.5, 0.6) is 0 Å². The Morgan fingerprint density at radius 1 is 1.19 bits per heavy atom. The first-order chi connectivity index (χ1) is 10.1. The zero-order valence-electron chi connectivity index (χ0n) is 11.3. The molecule has 106 valence electrons. The highest BCUT2D eigenvalue weighted by Gasteiger charge is 2.16. The van der Waals surface area contributed by atoms with Crippen LogP contribution in [0.3, 0.4) is 0 Å². The van der Waals surface area contributed by atoms with Crippen LogP contribution >= 0.6 is 27.5 Å². The summed E-state index contributed by atoms with van der Waals surface area (Å²) in [6.07, 6.45) is 0. The summed E-state index contributed by atoms with van der Waals surface area (Å²) in [6.45, 7) is 2.05. The summed E-state index contributed by atoms with van der Waals surface area (Å²) < 4.78 is 0.995. The first-order valence-corrected chi connectivity index (χ1v) is 7.59. The van der Waals surface area contributed by atoms with Crippen LogP contribution in [0.15, 0.2) is 46.9 Å². The second-order valence-electron chi connectivity index (χ2n) is 4.85. The molecule has 0 atom stereocenters. The summed E-state index contributed by atoms with van der Waals surface area (Å²) in [5.74, 6) is 0.458. The molecule has 0 aliphatic carbocycles. The van der Waals surface area contributed by atoms with Crippen molar-refractivity contribution >= 4 is 33.3 Å². The number of aromatic nitrogens is 2. The van der Waals surface area contributed by atoms with Crippen LogP contribution in [0.1, 0.15) is 5.56 Å². The van der Waals surface area contributed by atoms with Gasteiger partial charge in [-0.25, -0.2) is 0 Å². The average molecular weight is 363 g/mol. The molecule has 0 bridgehead atoms. The smallest absolute Gasteiger partial charge is 0.153 e. The van der Waals surface area contributed by atoms with E-state index in [9.17, 15) is 0 Å². The molecule has 0 fully saturated rings. The minimum absolute atomic E-state index is 0.458. The fourth-order valence-electron chi connectivity index (χ4n) is 2.31. The van der Waals surface area contributed by atoms with Gasteiger partial charge < -0.3 is 5.73 Å². The largest absolute Gasteiger partial charge is 0.382 e. The lowest BCUT2D eigenvalue weighted by Crippen LogP contribution is -1.89. The number of anilines is 1. The summed E-state index contributed by atoms with van der Waals surface area (Å²) in [4.78, 5) is 0. The van der Waals surface area contributed by atoms with Gasteiger partial charge in [0.05, 0.1) is 11.3 Å². The second kappa shape index (κ2) is 5.54. The maximum atomic E-state index is 6.08. The van der Waals surface area contributed by atoms with Gasteiger partial charge in [-0.3, -0.25) is 5.10 Å². The molecule has 3 N–H and O–H groups in total. The normalized spacial score (nSPS) is 10.8. The molecule has 0 aliphatic heterocycles. The van der Waals surface area contributed by atoms with Crippen molar-refractivity contribution in [1.82, 2.24) is 10.2 Å². The maximum absolute atomic E-state index is 6.08. The molecule has 3 rings (SSSR count). The standard InChI is InChI=1S/C16H13BrClN3/c1-9-5-6-12(13(17)7-9)15-14(16(19)21-20-15)10-3-2-4-11(18)8-10/h2-8H,1H3,(H3,19,20,21).